The van der Waals surface area contributed by atoms with Gasteiger partial charge in [0.15, 0.2) is 0 Å². The van der Waals surface area contributed by atoms with Gasteiger partial charge < -0.3 is 5.32 Å². The summed E-state index contributed by atoms with van der Waals surface area (Å²) in [5.74, 6) is -0.0315. The zero-order chi connectivity index (χ0) is 20.4. The van der Waals surface area contributed by atoms with Gasteiger partial charge in [-0.15, -0.1) is 22.7 Å². The van der Waals surface area contributed by atoms with Crippen molar-refractivity contribution in [1.29, 1.82) is 0 Å². The van der Waals surface area contributed by atoms with Gasteiger partial charge in [-0.2, -0.15) is 0 Å². The summed E-state index contributed by atoms with van der Waals surface area (Å²) in [6.07, 6.45) is 4.27. The summed E-state index contributed by atoms with van der Waals surface area (Å²) in [5.41, 5.74) is 0.934. The standard InChI is InChI=1S/C21H26N4O2S2/c1-14-15(2)29-20-19(14)21(27)25(13-23-20)10-7-18(26)22-12-16(17-6-5-11-28-17)24-8-3-4-9-24/h5-6,11,13,16H,3-4,7-10,12H2,1-2H3,(H,22,26). The van der Waals surface area contributed by atoms with Crippen molar-refractivity contribution in [3.8, 4) is 0 Å². The van der Waals surface area contributed by atoms with Crippen LogP contribution in [0, 0.1) is 13.8 Å². The fourth-order valence-corrected chi connectivity index (χ4v) is 5.74. The molecule has 8 heteroatoms. The molecule has 1 atom stereocenters. The Labute approximate surface area is 178 Å². The Kier molecular flexibility index (Phi) is 6.12. The fraction of sp³-hybridized carbons (Fsp3) is 0.476. The third-order valence-electron chi connectivity index (χ3n) is 5.68. The first-order valence-corrected chi connectivity index (χ1v) is 11.7. The summed E-state index contributed by atoms with van der Waals surface area (Å²) >= 11 is 3.28. The highest BCUT2D eigenvalue weighted by molar-refractivity contribution is 7.18. The van der Waals surface area contributed by atoms with Crippen LogP contribution < -0.4 is 10.9 Å². The van der Waals surface area contributed by atoms with Crippen molar-refractivity contribution in [1.82, 2.24) is 19.8 Å². The van der Waals surface area contributed by atoms with E-state index in [0.717, 1.165) is 28.4 Å². The van der Waals surface area contributed by atoms with Crippen molar-refractivity contribution in [2.75, 3.05) is 19.6 Å². The molecule has 1 amide bonds. The molecule has 1 unspecified atom stereocenters. The first-order valence-electron chi connectivity index (χ1n) is 10.0. The van der Waals surface area contributed by atoms with E-state index in [9.17, 15) is 9.59 Å². The molecule has 0 saturated carbocycles. The lowest BCUT2D eigenvalue weighted by atomic mass is 10.2. The minimum absolute atomic E-state index is 0.0315. The van der Waals surface area contributed by atoms with Crippen LogP contribution in [0.1, 0.15) is 40.6 Å². The lowest BCUT2D eigenvalue weighted by Crippen LogP contribution is -2.37. The zero-order valence-corrected chi connectivity index (χ0v) is 18.4. The Morgan fingerprint density at radius 3 is 2.83 bits per heavy atom. The second-order valence-electron chi connectivity index (χ2n) is 7.53. The Morgan fingerprint density at radius 1 is 1.31 bits per heavy atom. The molecule has 154 valence electrons. The summed E-state index contributed by atoms with van der Waals surface area (Å²) in [6.45, 7) is 7.07. The highest BCUT2D eigenvalue weighted by atomic mass is 32.1. The summed E-state index contributed by atoms with van der Waals surface area (Å²) in [6, 6.07) is 4.44. The number of aryl methyl sites for hydroxylation is 3. The molecule has 1 aliphatic rings. The molecule has 6 nitrogen and oxygen atoms in total. The molecule has 4 heterocycles. The molecule has 1 aliphatic heterocycles. The van der Waals surface area contributed by atoms with E-state index in [0.29, 0.717) is 18.5 Å². The van der Waals surface area contributed by atoms with Gasteiger partial charge in [-0.25, -0.2) is 4.98 Å². The zero-order valence-electron chi connectivity index (χ0n) is 16.8. The molecule has 29 heavy (non-hydrogen) atoms. The van der Waals surface area contributed by atoms with Crippen LogP contribution in [0.25, 0.3) is 10.2 Å². The average Bonchev–Trinajstić information content (AvgIpc) is 3.45. The van der Waals surface area contributed by atoms with Crippen LogP contribution in [0.5, 0.6) is 0 Å². The lowest BCUT2D eigenvalue weighted by molar-refractivity contribution is -0.121. The van der Waals surface area contributed by atoms with E-state index in [-0.39, 0.29) is 23.9 Å². The van der Waals surface area contributed by atoms with Gasteiger partial charge in [0.1, 0.15) is 4.83 Å². The van der Waals surface area contributed by atoms with Crippen molar-refractivity contribution >= 4 is 38.8 Å². The highest BCUT2D eigenvalue weighted by Crippen LogP contribution is 2.28. The molecule has 3 aromatic rings. The van der Waals surface area contributed by atoms with Crippen LogP contribution in [0.4, 0.5) is 0 Å². The largest absolute Gasteiger partial charge is 0.354 e. The van der Waals surface area contributed by atoms with E-state index >= 15 is 0 Å². The molecule has 1 N–H and O–H groups in total. The van der Waals surface area contributed by atoms with Crippen LogP contribution in [0.2, 0.25) is 0 Å². The van der Waals surface area contributed by atoms with Crippen LogP contribution in [-0.2, 0) is 11.3 Å². The first kappa shape index (κ1) is 20.3. The van der Waals surface area contributed by atoms with E-state index in [4.69, 9.17) is 0 Å². The van der Waals surface area contributed by atoms with E-state index in [1.54, 1.807) is 33.6 Å². The van der Waals surface area contributed by atoms with Gasteiger partial charge in [0, 0.05) is 29.3 Å². The first-order chi connectivity index (χ1) is 14.0. The number of carbonyl (C=O) groups is 1. The monoisotopic (exact) mass is 430 g/mol. The molecule has 1 saturated heterocycles. The SMILES string of the molecule is Cc1sc2ncn(CCC(=O)NCC(c3cccs3)N3CCCC3)c(=O)c2c1C. The maximum absolute atomic E-state index is 12.8. The normalized spacial score (nSPS) is 15.8. The minimum Gasteiger partial charge on any atom is -0.354 e. The Morgan fingerprint density at radius 2 is 2.10 bits per heavy atom. The van der Waals surface area contributed by atoms with Crippen molar-refractivity contribution < 1.29 is 4.79 Å². The number of aromatic nitrogens is 2. The van der Waals surface area contributed by atoms with E-state index < -0.39 is 0 Å². The molecule has 1 fully saturated rings. The molecule has 0 radical (unpaired) electrons. The van der Waals surface area contributed by atoms with Gasteiger partial charge in [-0.1, -0.05) is 6.07 Å². The Bertz CT molecular complexity index is 1050. The van der Waals surface area contributed by atoms with Crippen molar-refractivity contribution in [3.63, 3.8) is 0 Å². The molecule has 3 aromatic heterocycles. The third-order valence-corrected chi connectivity index (χ3v) is 7.77. The number of nitrogens with zero attached hydrogens (tertiary/aromatic N) is 3. The van der Waals surface area contributed by atoms with Crippen molar-refractivity contribution in [2.24, 2.45) is 0 Å². The number of hydrogen-bond donors (Lipinski definition) is 1. The molecular weight excluding hydrogens is 404 g/mol. The fourth-order valence-electron chi connectivity index (χ4n) is 3.89. The van der Waals surface area contributed by atoms with E-state index in [1.807, 2.05) is 13.8 Å². The molecule has 0 aromatic carbocycles. The second kappa shape index (κ2) is 8.77. The predicted molar refractivity (Wildman–Crippen MR) is 119 cm³/mol. The number of thiophene rings is 2. The number of carbonyl (C=O) groups excluding carboxylic acids is 1. The molecule has 0 aliphatic carbocycles. The quantitative estimate of drug-likeness (QED) is 0.623. The molecule has 0 spiro atoms. The van der Waals surface area contributed by atoms with Crippen LogP contribution >= 0.6 is 22.7 Å². The van der Waals surface area contributed by atoms with Gasteiger partial charge in [0.2, 0.25) is 5.91 Å². The average molecular weight is 431 g/mol. The number of fused-ring (bicyclic) bond motifs is 1. The number of amides is 1. The van der Waals surface area contributed by atoms with E-state index in [1.165, 1.54) is 17.7 Å². The summed E-state index contributed by atoms with van der Waals surface area (Å²) in [7, 11) is 0. The maximum Gasteiger partial charge on any atom is 0.262 e. The minimum atomic E-state index is -0.0572. The third kappa shape index (κ3) is 4.29. The number of hydrogen-bond acceptors (Lipinski definition) is 6. The predicted octanol–water partition coefficient (Wildman–Crippen LogP) is 3.48. The molecule has 0 bridgehead atoms. The summed E-state index contributed by atoms with van der Waals surface area (Å²) in [4.78, 5) is 35.3. The highest BCUT2D eigenvalue weighted by Gasteiger charge is 2.24. The maximum atomic E-state index is 12.8. The Hall–Kier alpha value is -2.03. The number of likely N-dealkylation sites (tertiary alicyclic amines) is 1. The number of rotatable bonds is 7. The Balaban J connectivity index is 1.38. The van der Waals surface area contributed by atoms with Gasteiger partial charge in [0.05, 0.1) is 17.8 Å². The topological polar surface area (TPSA) is 67.2 Å². The van der Waals surface area contributed by atoms with Crippen LogP contribution in [0.15, 0.2) is 28.6 Å². The lowest BCUT2D eigenvalue weighted by Gasteiger charge is -2.27. The van der Waals surface area contributed by atoms with Crippen molar-refractivity contribution in [2.45, 2.75) is 45.7 Å². The summed E-state index contributed by atoms with van der Waals surface area (Å²) in [5, 5.41) is 5.85. The van der Waals surface area contributed by atoms with Gasteiger partial charge >= 0.3 is 0 Å². The smallest absolute Gasteiger partial charge is 0.262 e. The second-order valence-corrected chi connectivity index (χ2v) is 9.72. The molecule has 4 rings (SSSR count). The summed E-state index contributed by atoms with van der Waals surface area (Å²) < 4.78 is 1.55. The van der Waals surface area contributed by atoms with Crippen LogP contribution in [-0.4, -0.2) is 40.0 Å². The van der Waals surface area contributed by atoms with Gasteiger partial charge in [-0.3, -0.25) is 19.1 Å². The van der Waals surface area contributed by atoms with E-state index in [2.05, 4.69) is 32.7 Å². The van der Waals surface area contributed by atoms with Crippen molar-refractivity contribution in [3.05, 3.63) is 49.5 Å². The van der Waals surface area contributed by atoms with Gasteiger partial charge in [-0.05, 0) is 56.8 Å². The van der Waals surface area contributed by atoms with Crippen LogP contribution in [0.3, 0.4) is 0 Å². The molecular formula is C21H26N4O2S2. The van der Waals surface area contributed by atoms with Gasteiger partial charge in [0.25, 0.3) is 5.56 Å². The number of nitrogens with one attached hydrogen (secondary N) is 1.